The minimum atomic E-state index is 0.124. The molecule has 1 spiro atoms. The van der Waals surface area contributed by atoms with Crippen molar-refractivity contribution in [2.24, 2.45) is 11.8 Å². The average Bonchev–Trinajstić information content (AvgIpc) is 3.00. The van der Waals surface area contributed by atoms with Crippen molar-refractivity contribution in [2.45, 2.75) is 70.9 Å². The van der Waals surface area contributed by atoms with Crippen LogP contribution < -0.4 is 11.3 Å². The van der Waals surface area contributed by atoms with Crippen LogP contribution in [0.25, 0.3) is 0 Å². The number of rotatable bonds is 3. The van der Waals surface area contributed by atoms with E-state index in [4.69, 9.17) is 15.0 Å². The van der Waals surface area contributed by atoms with Crippen LogP contribution in [0.4, 0.5) is 0 Å². The number of ether oxygens (including phenoxy) is 1. The van der Waals surface area contributed by atoms with E-state index in [1.165, 1.54) is 36.8 Å². The van der Waals surface area contributed by atoms with E-state index in [2.05, 4.69) is 12.3 Å². The summed E-state index contributed by atoms with van der Waals surface area (Å²) in [5, 5.41) is 0. The summed E-state index contributed by atoms with van der Waals surface area (Å²) in [6, 6.07) is 0.170. The van der Waals surface area contributed by atoms with Gasteiger partial charge in [0.1, 0.15) is 11.5 Å². The number of aryl methyl sites for hydroxylation is 2. The number of nitrogens with two attached hydrogens (primary N) is 1. The van der Waals surface area contributed by atoms with Crippen LogP contribution in [-0.2, 0) is 4.74 Å². The predicted octanol–water partition coefficient (Wildman–Crippen LogP) is 3.45. The molecule has 0 bridgehead atoms. The third kappa shape index (κ3) is 2.65. The quantitative estimate of drug-likeness (QED) is 0.661. The minimum absolute atomic E-state index is 0.124. The van der Waals surface area contributed by atoms with Gasteiger partial charge in [-0.25, -0.2) is 0 Å². The third-order valence-electron chi connectivity index (χ3n) is 5.63. The maximum atomic E-state index is 6.16. The summed E-state index contributed by atoms with van der Waals surface area (Å²) in [5.74, 6) is 8.47. The Kier molecular flexibility index (Phi) is 4.12. The topological polar surface area (TPSA) is 60.4 Å². The van der Waals surface area contributed by atoms with Gasteiger partial charge in [0.05, 0.1) is 11.6 Å². The van der Waals surface area contributed by atoms with Gasteiger partial charge in [0.15, 0.2) is 0 Å². The molecule has 4 nitrogen and oxygen atoms in total. The maximum absolute atomic E-state index is 6.16. The molecule has 118 valence electrons. The highest BCUT2D eigenvalue weighted by Crippen LogP contribution is 2.46. The van der Waals surface area contributed by atoms with Crippen LogP contribution in [0.3, 0.4) is 0 Å². The lowest BCUT2D eigenvalue weighted by Gasteiger charge is -2.41. The second-order valence-electron chi connectivity index (χ2n) is 6.89. The van der Waals surface area contributed by atoms with Crippen LogP contribution in [-0.4, -0.2) is 12.2 Å². The van der Waals surface area contributed by atoms with Crippen molar-refractivity contribution in [1.82, 2.24) is 5.43 Å². The highest BCUT2D eigenvalue weighted by molar-refractivity contribution is 5.34. The van der Waals surface area contributed by atoms with Crippen LogP contribution in [0.1, 0.15) is 67.2 Å². The van der Waals surface area contributed by atoms with Gasteiger partial charge >= 0.3 is 0 Å². The molecule has 0 amide bonds. The van der Waals surface area contributed by atoms with Gasteiger partial charge in [-0.1, -0.05) is 12.8 Å². The Morgan fingerprint density at radius 1 is 1.19 bits per heavy atom. The van der Waals surface area contributed by atoms with Crippen LogP contribution in [0.5, 0.6) is 0 Å². The Hall–Kier alpha value is -0.840. The predicted molar refractivity (Wildman–Crippen MR) is 82.9 cm³/mol. The molecule has 3 N–H and O–H groups in total. The normalized spacial score (nSPS) is 26.4. The first-order valence-corrected chi connectivity index (χ1v) is 8.23. The van der Waals surface area contributed by atoms with Gasteiger partial charge in [-0.3, -0.25) is 11.3 Å². The largest absolute Gasteiger partial charge is 0.466 e. The summed E-state index contributed by atoms with van der Waals surface area (Å²) in [6.45, 7) is 7.07. The maximum Gasteiger partial charge on any atom is 0.106 e. The molecule has 0 aromatic carbocycles. The molecule has 1 aromatic heterocycles. The Balaban J connectivity index is 1.85. The smallest absolute Gasteiger partial charge is 0.106 e. The minimum Gasteiger partial charge on any atom is -0.466 e. The van der Waals surface area contributed by atoms with Gasteiger partial charge in [0, 0.05) is 12.2 Å². The molecule has 2 atom stereocenters. The molecule has 0 radical (unpaired) electrons. The molecule has 2 fully saturated rings. The van der Waals surface area contributed by atoms with Gasteiger partial charge in [0.25, 0.3) is 0 Å². The Labute approximate surface area is 127 Å². The van der Waals surface area contributed by atoms with Crippen LogP contribution in [0.2, 0.25) is 0 Å². The lowest BCUT2D eigenvalue weighted by Crippen LogP contribution is -2.43. The number of nitrogens with one attached hydrogen (secondary N) is 1. The van der Waals surface area contributed by atoms with Crippen molar-refractivity contribution in [3.8, 4) is 0 Å². The molecule has 1 aliphatic heterocycles. The summed E-state index contributed by atoms with van der Waals surface area (Å²) in [5.41, 5.74) is 5.70. The van der Waals surface area contributed by atoms with Crippen molar-refractivity contribution >= 4 is 0 Å². The zero-order valence-electron chi connectivity index (χ0n) is 13.5. The third-order valence-corrected chi connectivity index (χ3v) is 5.63. The van der Waals surface area contributed by atoms with E-state index in [-0.39, 0.29) is 11.6 Å². The number of hydrogen-bond donors (Lipinski definition) is 2. The zero-order chi connectivity index (χ0) is 15.0. The Bertz CT molecular complexity index is 503. The molecule has 3 rings (SSSR count). The molecule has 1 aromatic rings. The zero-order valence-corrected chi connectivity index (χ0v) is 13.5. The van der Waals surface area contributed by atoms with Crippen LogP contribution in [0, 0.1) is 26.7 Å². The van der Waals surface area contributed by atoms with E-state index < -0.39 is 0 Å². The number of hydrazine groups is 1. The first-order valence-electron chi connectivity index (χ1n) is 8.23. The summed E-state index contributed by atoms with van der Waals surface area (Å²) in [7, 11) is 0. The van der Waals surface area contributed by atoms with E-state index in [9.17, 15) is 0 Å². The van der Waals surface area contributed by atoms with Crippen molar-refractivity contribution < 1.29 is 9.15 Å². The molecule has 1 saturated heterocycles. The summed E-state index contributed by atoms with van der Waals surface area (Å²) in [4.78, 5) is 0. The van der Waals surface area contributed by atoms with Crippen LogP contribution >= 0.6 is 0 Å². The van der Waals surface area contributed by atoms with Crippen molar-refractivity contribution in [3.05, 3.63) is 22.6 Å². The lowest BCUT2D eigenvalue weighted by molar-refractivity contribution is -0.0983. The van der Waals surface area contributed by atoms with Crippen molar-refractivity contribution in [3.63, 3.8) is 0 Å². The molecular formula is C17H28N2O2. The molecule has 2 aliphatic rings. The highest BCUT2D eigenvalue weighted by Gasteiger charge is 2.42. The molecular weight excluding hydrogens is 264 g/mol. The van der Waals surface area contributed by atoms with Gasteiger partial charge in [-0.15, -0.1) is 0 Å². The molecule has 2 heterocycles. The lowest BCUT2D eigenvalue weighted by atomic mass is 9.78. The first kappa shape index (κ1) is 15.1. The Morgan fingerprint density at radius 2 is 1.90 bits per heavy atom. The molecule has 21 heavy (non-hydrogen) atoms. The SMILES string of the molecule is Cc1oc(C)c(C(NN)C2CCOC3(CCCC3)C2)c1C. The fourth-order valence-electron chi connectivity index (χ4n) is 4.44. The molecule has 1 saturated carbocycles. The van der Waals surface area contributed by atoms with E-state index in [1.54, 1.807) is 0 Å². The molecule has 2 unspecified atom stereocenters. The second-order valence-corrected chi connectivity index (χ2v) is 6.89. The fraction of sp³-hybridized carbons (Fsp3) is 0.765. The van der Waals surface area contributed by atoms with Gasteiger partial charge in [0.2, 0.25) is 0 Å². The van der Waals surface area contributed by atoms with Gasteiger partial charge in [-0.05, 0) is 57.9 Å². The molecule has 1 aliphatic carbocycles. The van der Waals surface area contributed by atoms with E-state index in [0.29, 0.717) is 5.92 Å². The number of hydrogen-bond acceptors (Lipinski definition) is 4. The van der Waals surface area contributed by atoms with E-state index in [0.717, 1.165) is 31.0 Å². The highest BCUT2D eigenvalue weighted by atomic mass is 16.5. The fourth-order valence-corrected chi connectivity index (χ4v) is 4.44. The van der Waals surface area contributed by atoms with Crippen molar-refractivity contribution in [2.75, 3.05) is 6.61 Å². The first-order chi connectivity index (χ1) is 10.1. The monoisotopic (exact) mass is 292 g/mol. The second kappa shape index (κ2) is 5.75. The van der Waals surface area contributed by atoms with Crippen molar-refractivity contribution in [1.29, 1.82) is 0 Å². The number of furan rings is 1. The summed E-state index contributed by atoms with van der Waals surface area (Å²) < 4.78 is 12.0. The average molecular weight is 292 g/mol. The molecule has 4 heteroatoms. The van der Waals surface area contributed by atoms with Crippen LogP contribution in [0.15, 0.2) is 4.42 Å². The van der Waals surface area contributed by atoms with E-state index >= 15 is 0 Å². The summed E-state index contributed by atoms with van der Waals surface area (Å²) in [6.07, 6.45) is 7.21. The van der Waals surface area contributed by atoms with Gasteiger partial charge in [-0.2, -0.15) is 0 Å². The van der Waals surface area contributed by atoms with Gasteiger partial charge < -0.3 is 9.15 Å². The summed E-state index contributed by atoms with van der Waals surface area (Å²) >= 11 is 0. The standard InChI is InChI=1S/C17H28N2O2/c1-11-12(2)21-13(3)15(11)16(19-18)14-6-9-20-17(10-14)7-4-5-8-17/h14,16,19H,4-10,18H2,1-3H3. The Morgan fingerprint density at radius 3 is 2.48 bits per heavy atom. The van der Waals surface area contributed by atoms with E-state index in [1.807, 2.05) is 13.8 Å².